The summed E-state index contributed by atoms with van der Waals surface area (Å²) in [5.41, 5.74) is 0.158. The van der Waals surface area contributed by atoms with Crippen LogP contribution in [0.3, 0.4) is 0 Å². The van der Waals surface area contributed by atoms with E-state index in [2.05, 4.69) is 4.74 Å². The van der Waals surface area contributed by atoms with Gasteiger partial charge < -0.3 is 19.5 Å². The Morgan fingerprint density at radius 2 is 1.24 bits per heavy atom. The van der Waals surface area contributed by atoms with E-state index >= 15 is 0 Å². The highest BCUT2D eigenvalue weighted by Crippen LogP contribution is 2.37. The second kappa shape index (κ2) is 11.4. The fourth-order valence-corrected chi connectivity index (χ4v) is 3.33. The van der Waals surface area contributed by atoms with Crippen molar-refractivity contribution in [3.63, 3.8) is 0 Å². The van der Waals surface area contributed by atoms with Crippen molar-refractivity contribution in [1.82, 2.24) is 0 Å². The average Bonchev–Trinajstić information content (AvgIpc) is 2.81. The minimum Gasteiger partial charge on any atom is -0.471 e. The number of alkyl halides is 9. The van der Waals surface area contributed by atoms with Gasteiger partial charge in [-0.2, -0.15) is 39.5 Å². The second-order valence-electron chi connectivity index (χ2n) is 8.08. The third-order valence-electron chi connectivity index (χ3n) is 5.05. The minimum absolute atomic E-state index is 0.0226. The molecule has 1 atom stereocenters. The Balaban J connectivity index is 1.89. The van der Waals surface area contributed by atoms with Crippen molar-refractivity contribution in [3.05, 3.63) is 84.4 Å². The molecule has 0 bridgehead atoms. The first-order valence-corrected chi connectivity index (χ1v) is 10.8. The number of nitrogens with zero attached hydrogens (tertiary/aromatic N) is 1. The number of para-hydroxylation sites is 1. The van der Waals surface area contributed by atoms with Crippen LogP contribution in [0.2, 0.25) is 0 Å². The molecule has 0 saturated heterocycles. The molecule has 0 radical (unpaired) electrons. The molecular formula is C25H20F9NO3. The van der Waals surface area contributed by atoms with Crippen LogP contribution < -0.4 is 14.4 Å². The van der Waals surface area contributed by atoms with Crippen molar-refractivity contribution >= 4 is 5.69 Å². The summed E-state index contributed by atoms with van der Waals surface area (Å²) in [7, 11) is 0. The largest absolute Gasteiger partial charge is 0.471 e. The Kier molecular flexibility index (Phi) is 8.70. The number of hydrogen-bond donors (Lipinski definition) is 1. The highest BCUT2D eigenvalue weighted by Gasteiger charge is 2.59. The summed E-state index contributed by atoms with van der Waals surface area (Å²) in [6.45, 7) is -1.42. The molecule has 0 aliphatic rings. The van der Waals surface area contributed by atoms with E-state index in [0.717, 1.165) is 23.1 Å². The van der Waals surface area contributed by atoms with Crippen LogP contribution in [-0.2, 0) is 6.54 Å². The van der Waals surface area contributed by atoms with Crippen molar-refractivity contribution in [2.24, 2.45) is 0 Å². The Morgan fingerprint density at radius 3 is 1.84 bits per heavy atom. The van der Waals surface area contributed by atoms with Gasteiger partial charge >= 0.3 is 18.5 Å². The minimum atomic E-state index is -5.75. The molecule has 0 aliphatic carbocycles. The monoisotopic (exact) mass is 553 g/mol. The molecule has 0 spiro atoms. The summed E-state index contributed by atoms with van der Waals surface area (Å²) in [6.07, 6.45) is -23.4. The third-order valence-corrected chi connectivity index (χ3v) is 5.05. The summed E-state index contributed by atoms with van der Waals surface area (Å²) < 4.78 is 127. The van der Waals surface area contributed by atoms with E-state index in [1.807, 2.05) is 0 Å². The SMILES string of the molecule is OC(CN(Cc1cccc(OC(C(F)(F)F)C(F)(F)F)c1)c1cccc(Oc2ccccc2)c1)C(F)(F)F. The van der Waals surface area contributed by atoms with E-state index in [1.54, 1.807) is 30.3 Å². The summed E-state index contributed by atoms with van der Waals surface area (Å²) in [6, 6.07) is 18.3. The number of halogens is 9. The van der Waals surface area contributed by atoms with Gasteiger partial charge in [-0.05, 0) is 42.0 Å². The molecular weight excluding hydrogens is 533 g/mol. The van der Waals surface area contributed by atoms with Gasteiger partial charge in [0.15, 0.2) is 6.10 Å². The predicted octanol–water partition coefficient (Wildman–Crippen LogP) is 7.28. The number of hydrogen-bond acceptors (Lipinski definition) is 4. The lowest BCUT2D eigenvalue weighted by Crippen LogP contribution is -2.46. The number of aliphatic hydroxyl groups is 1. The molecule has 38 heavy (non-hydrogen) atoms. The summed E-state index contributed by atoms with van der Waals surface area (Å²) in [5, 5.41) is 9.68. The van der Waals surface area contributed by atoms with Crippen LogP contribution in [0.5, 0.6) is 17.2 Å². The molecule has 1 unspecified atom stereocenters. The molecule has 13 heteroatoms. The summed E-state index contributed by atoms with van der Waals surface area (Å²) in [4.78, 5) is 1.06. The predicted molar refractivity (Wildman–Crippen MR) is 119 cm³/mol. The van der Waals surface area contributed by atoms with Crippen LogP contribution in [0.25, 0.3) is 0 Å². The lowest BCUT2D eigenvalue weighted by atomic mass is 10.1. The normalized spacial score (nSPS) is 13.3. The second-order valence-corrected chi connectivity index (χ2v) is 8.08. The zero-order chi connectivity index (χ0) is 28.1. The van der Waals surface area contributed by atoms with E-state index < -0.39 is 49.6 Å². The molecule has 3 rings (SSSR count). The van der Waals surface area contributed by atoms with Gasteiger partial charge in [0, 0.05) is 18.3 Å². The number of aliphatic hydroxyl groups excluding tert-OH is 1. The fraction of sp³-hybridized carbons (Fsp3) is 0.280. The zero-order valence-corrected chi connectivity index (χ0v) is 19.2. The molecule has 0 aromatic heterocycles. The van der Waals surface area contributed by atoms with Gasteiger partial charge in [-0.1, -0.05) is 36.4 Å². The molecule has 0 aliphatic heterocycles. The number of benzene rings is 3. The molecule has 0 saturated carbocycles. The van der Waals surface area contributed by atoms with E-state index in [4.69, 9.17) is 4.74 Å². The van der Waals surface area contributed by atoms with Crippen LogP contribution in [0.1, 0.15) is 5.56 Å². The van der Waals surface area contributed by atoms with Gasteiger partial charge in [0.05, 0.1) is 6.54 Å². The number of anilines is 1. The van der Waals surface area contributed by atoms with Crippen LogP contribution >= 0.6 is 0 Å². The van der Waals surface area contributed by atoms with E-state index in [0.29, 0.717) is 5.75 Å². The number of ether oxygens (including phenoxy) is 2. The first-order valence-electron chi connectivity index (χ1n) is 10.8. The Bertz CT molecular complexity index is 1170. The average molecular weight is 553 g/mol. The molecule has 4 nitrogen and oxygen atoms in total. The molecule has 0 fully saturated rings. The molecule has 0 heterocycles. The summed E-state index contributed by atoms with van der Waals surface area (Å²) >= 11 is 0. The molecule has 0 amide bonds. The van der Waals surface area contributed by atoms with Crippen molar-refractivity contribution in [2.45, 2.75) is 37.3 Å². The smallest absolute Gasteiger partial charge is 0.434 e. The Morgan fingerprint density at radius 1 is 0.658 bits per heavy atom. The molecule has 1 N–H and O–H groups in total. The van der Waals surface area contributed by atoms with Gasteiger partial charge in [-0.3, -0.25) is 0 Å². The summed E-state index contributed by atoms with van der Waals surface area (Å²) in [5.74, 6) is -0.129. The lowest BCUT2D eigenvalue weighted by molar-refractivity contribution is -0.299. The maximum Gasteiger partial charge on any atom is 0.434 e. The van der Waals surface area contributed by atoms with Gasteiger partial charge in [0.25, 0.3) is 6.10 Å². The maximum atomic E-state index is 13.1. The molecule has 3 aromatic rings. The standard InChI is InChI=1S/C25H20F9NO3/c26-23(27,28)21(36)15-35(17-7-5-11-20(13-17)37-18-8-2-1-3-9-18)14-16-6-4-10-19(12-16)38-22(24(29,30)31)25(32,33)34/h1-13,21-22,36H,14-15H2. The number of rotatable bonds is 9. The highest BCUT2D eigenvalue weighted by atomic mass is 19.4. The first kappa shape index (κ1) is 29.0. The molecule has 206 valence electrons. The van der Waals surface area contributed by atoms with Crippen molar-refractivity contribution in [2.75, 3.05) is 11.4 Å². The van der Waals surface area contributed by atoms with Gasteiger partial charge in [-0.15, -0.1) is 0 Å². The van der Waals surface area contributed by atoms with E-state index in [9.17, 15) is 44.6 Å². The van der Waals surface area contributed by atoms with Gasteiger partial charge in [0.2, 0.25) is 0 Å². The van der Waals surface area contributed by atoms with Gasteiger partial charge in [0.1, 0.15) is 17.2 Å². The van der Waals surface area contributed by atoms with Crippen LogP contribution in [0, 0.1) is 0 Å². The third kappa shape index (κ3) is 8.20. The quantitative estimate of drug-likeness (QED) is 0.283. The molecule has 3 aromatic carbocycles. The van der Waals surface area contributed by atoms with E-state index in [1.165, 1.54) is 30.3 Å². The van der Waals surface area contributed by atoms with Crippen molar-refractivity contribution in [1.29, 1.82) is 0 Å². The zero-order valence-electron chi connectivity index (χ0n) is 19.2. The first-order chi connectivity index (χ1) is 17.6. The Labute approximate surface area is 210 Å². The van der Waals surface area contributed by atoms with Crippen molar-refractivity contribution < 1.29 is 54.1 Å². The lowest BCUT2D eigenvalue weighted by Gasteiger charge is -2.29. The van der Waals surface area contributed by atoms with Crippen LogP contribution in [0.15, 0.2) is 78.9 Å². The van der Waals surface area contributed by atoms with Crippen LogP contribution in [0.4, 0.5) is 45.2 Å². The van der Waals surface area contributed by atoms with Crippen molar-refractivity contribution in [3.8, 4) is 17.2 Å². The van der Waals surface area contributed by atoms with Crippen LogP contribution in [-0.4, -0.2) is 42.4 Å². The van der Waals surface area contributed by atoms with E-state index in [-0.39, 0.29) is 17.0 Å². The highest BCUT2D eigenvalue weighted by molar-refractivity contribution is 5.52. The fourth-order valence-electron chi connectivity index (χ4n) is 3.33. The topological polar surface area (TPSA) is 41.9 Å². The Hall–Kier alpha value is -3.61. The maximum absolute atomic E-state index is 13.1. The van der Waals surface area contributed by atoms with Gasteiger partial charge in [-0.25, -0.2) is 0 Å².